The minimum absolute atomic E-state index is 0.114. The second kappa shape index (κ2) is 6.80. The van der Waals surface area contributed by atoms with Gasteiger partial charge >= 0.3 is 0 Å². The molecule has 1 aliphatic rings. The number of benzene rings is 1. The summed E-state index contributed by atoms with van der Waals surface area (Å²) in [6, 6.07) is 10.9. The Morgan fingerprint density at radius 1 is 1.25 bits per heavy atom. The van der Waals surface area contributed by atoms with E-state index in [1.165, 1.54) is 18.4 Å². The van der Waals surface area contributed by atoms with Crippen molar-refractivity contribution in [3.05, 3.63) is 52.8 Å². The Morgan fingerprint density at radius 2 is 1.96 bits per heavy atom. The van der Waals surface area contributed by atoms with E-state index in [4.69, 9.17) is 0 Å². The van der Waals surface area contributed by atoms with Crippen LogP contribution in [0.4, 0.5) is 0 Å². The summed E-state index contributed by atoms with van der Waals surface area (Å²) in [6.07, 6.45) is 4.54. The molecule has 2 atom stereocenters. The number of carbonyl (C=O) groups excluding carboxylic acids is 1. The first-order valence-electron chi connectivity index (χ1n) is 8.80. The number of aromatic nitrogens is 2. The molecule has 2 unspecified atom stereocenters. The van der Waals surface area contributed by atoms with Gasteiger partial charge in [0.25, 0.3) is 5.91 Å². The van der Waals surface area contributed by atoms with Crippen LogP contribution in [0, 0.1) is 19.8 Å². The Morgan fingerprint density at radius 3 is 2.58 bits per heavy atom. The highest BCUT2D eigenvalue weighted by molar-refractivity contribution is 5.96. The standard InChI is InChI=1S/C20H27N3O/c1-14-19(15(2)23(4)21-14)20(24)22(3)18-12-8-11-17(18)13-16-9-6-5-7-10-16/h5-7,9-10,17-18H,8,11-13H2,1-4H3. The van der Waals surface area contributed by atoms with Gasteiger partial charge in [0, 0.05) is 25.8 Å². The van der Waals surface area contributed by atoms with Crippen molar-refractivity contribution in [1.82, 2.24) is 14.7 Å². The number of rotatable bonds is 4. The van der Waals surface area contributed by atoms with Crippen LogP contribution in [0.2, 0.25) is 0 Å². The van der Waals surface area contributed by atoms with Crippen molar-refractivity contribution >= 4 is 5.91 Å². The van der Waals surface area contributed by atoms with Gasteiger partial charge in [-0.1, -0.05) is 36.8 Å². The number of hydrogen-bond acceptors (Lipinski definition) is 2. The van der Waals surface area contributed by atoms with Crippen molar-refractivity contribution in [1.29, 1.82) is 0 Å². The Bertz CT molecular complexity index is 720. The van der Waals surface area contributed by atoms with Gasteiger partial charge in [0.15, 0.2) is 0 Å². The van der Waals surface area contributed by atoms with Gasteiger partial charge in [-0.05, 0) is 44.6 Å². The zero-order chi connectivity index (χ0) is 17.3. The molecule has 1 aromatic carbocycles. The Hall–Kier alpha value is -2.10. The highest BCUT2D eigenvalue weighted by Crippen LogP contribution is 2.33. The summed E-state index contributed by atoms with van der Waals surface area (Å²) in [4.78, 5) is 15.0. The van der Waals surface area contributed by atoms with Crippen molar-refractivity contribution in [3.8, 4) is 0 Å². The largest absolute Gasteiger partial charge is 0.338 e. The number of hydrogen-bond donors (Lipinski definition) is 0. The van der Waals surface area contributed by atoms with E-state index in [1.54, 1.807) is 4.68 Å². The van der Waals surface area contributed by atoms with Crippen molar-refractivity contribution in [2.45, 2.75) is 45.6 Å². The van der Waals surface area contributed by atoms with Crippen molar-refractivity contribution in [3.63, 3.8) is 0 Å². The van der Waals surface area contributed by atoms with Crippen LogP contribution in [0.3, 0.4) is 0 Å². The van der Waals surface area contributed by atoms with Gasteiger partial charge in [0.1, 0.15) is 0 Å². The van der Waals surface area contributed by atoms with Gasteiger partial charge in [-0.2, -0.15) is 5.10 Å². The van der Waals surface area contributed by atoms with Crippen molar-refractivity contribution in [2.75, 3.05) is 7.05 Å². The van der Waals surface area contributed by atoms with Gasteiger partial charge in [0.2, 0.25) is 0 Å². The third-order valence-electron chi connectivity index (χ3n) is 5.50. The quantitative estimate of drug-likeness (QED) is 0.862. The molecule has 0 spiro atoms. The van der Waals surface area contributed by atoms with Gasteiger partial charge in [-0.3, -0.25) is 9.48 Å². The lowest BCUT2D eigenvalue weighted by molar-refractivity contribution is 0.0694. The van der Waals surface area contributed by atoms with E-state index in [1.807, 2.05) is 32.8 Å². The van der Waals surface area contributed by atoms with E-state index in [0.29, 0.717) is 12.0 Å². The molecule has 128 valence electrons. The second-order valence-electron chi connectivity index (χ2n) is 7.03. The van der Waals surface area contributed by atoms with Crippen molar-refractivity contribution in [2.24, 2.45) is 13.0 Å². The molecule has 1 fully saturated rings. The SMILES string of the molecule is Cc1nn(C)c(C)c1C(=O)N(C)C1CCCC1Cc1ccccc1. The molecule has 0 radical (unpaired) electrons. The van der Waals surface area contributed by atoms with Gasteiger partial charge < -0.3 is 4.90 Å². The monoisotopic (exact) mass is 325 g/mol. The molecule has 0 saturated heterocycles. The topological polar surface area (TPSA) is 38.1 Å². The fourth-order valence-electron chi connectivity index (χ4n) is 4.09. The van der Waals surface area contributed by atoms with E-state index in [-0.39, 0.29) is 5.91 Å². The second-order valence-corrected chi connectivity index (χ2v) is 7.03. The van der Waals surface area contributed by atoms with Crippen molar-refractivity contribution < 1.29 is 4.79 Å². The number of nitrogens with zero attached hydrogens (tertiary/aromatic N) is 3. The molecule has 1 heterocycles. The number of amides is 1. The molecule has 4 heteroatoms. The molecule has 0 bridgehead atoms. The fraction of sp³-hybridized carbons (Fsp3) is 0.500. The molecule has 1 amide bonds. The molecular weight excluding hydrogens is 298 g/mol. The average Bonchev–Trinajstić information content (AvgIpc) is 3.12. The van der Waals surface area contributed by atoms with E-state index in [9.17, 15) is 4.79 Å². The molecule has 0 N–H and O–H groups in total. The Labute approximate surface area is 144 Å². The maximum absolute atomic E-state index is 13.1. The van der Waals surface area contributed by atoms with E-state index >= 15 is 0 Å². The summed E-state index contributed by atoms with van der Waals surface area (Å²) in [6.45, 7) is 3.89. The van der Waals surface area contributed by atoms with Gasteiger partial charge in [-0.15, -0.1) is 0 Å². The zero-order valence-electron chi connectivity index (χ0n) is 15.1. The smallest absolute Gasteiger partial charge is 0.257 e. The number of carbonyl (C=O) groups is 1. The summed E-state index contributed by atoms with van der Waals surface area (Å²) in [5, 5.41) is 4.40. The Kier molecular flexibility index (Phi) is 4.74. The molecular formula is C20H27N3O. The fourth-order valence-corrected chi connectivity index (χ4v) is 4.09. The van der Waals surface area contributed by atoms with Gasteiger partial charge in [-0.25, -0.2) is 0 Å². The molecule has 24 heavy (non-hydrogen) atoms. The lowest BCUT2D eigenvalue weighted by Gasteiger charge is -2.30. The molecule has 0 aliphatic heterocycles. The normalized spacial score (nSPS) is 20.3. The van der Waals surface area contributed by atoms with Crippen LogP contribution in [0.25, 0.3) is 0 Å². The predicted octanol–water partition coefficient (Wildman–Crippen LogP) is 3.52. The van der Waals surface area contributed by atoms with E-state index in [2.05, 4.69) is 35.4 Å². The third kappa shape index (κ3) is 3.10. The first kappa shape index (κ1) is 16.7. The molecule has 1 saturated carbocycles. The van der Waals surface area contributed by atoms with Crippen LogP contribution < -0.4 is 0 Å². The van der Waals surface area contributed by atoms with Crippen LogP contribution >= 0.6 is 0 Å². The Balaban J connectivity index is 1.78. The van der Waals surface area contributed by atoms with Gasteiger partial charge in [0.05, 0.1) is 11.3 Å². The molecule has 2 aromatic rings. The lowest BCUT2D eigenvalue weighted by Crippen LogP contribution is -2.40. The molecule has 3 rings (SSSR count). The summed E-state index contributed by atoms with van der Waals surface area (Å²) >= 11 is 0. The molecule has 1 aromatic heterocycles. The average molecular weight is 325 g/mol. The lowest BCUT2D eigenvalue weighted by atomic mass is 9.93. The molecule has 1 aliphatic carbocycles. The summed E-state index contributed by atoms with van der Waals surface area (Å²) < 4.78 is 1.80. The molecule has 4 nitrogen and oxygen atoms in total. The van der Waals surface area contributed by atoms with Crippen LogP contribution in [-0.2, 0) is 13.5 Å². The third-order valence-corrected chi connectivity index (χ3v) is 5.50. The first-order valence-corrected chi connectivity index (χ1v) is 8.80. The summed E-state index contributed by atoms with van der Waals surface area (Å²) in [5.41, 5.74) is 3.90. The summed E-state index contributed by atoms with van der Waals surface area (Å²) in [5.74, 6) is 0.654. The van der Waals surface area contributed by atoms with Crippen LogP contribution in [0.5, 0.6) is 0 Å². The summed E-state index contributed by atoms with van der Waals surface area (Å²) in [7, 11) is 3.86. The minimum Gasteiger partial charge on any atom is -0.338 e. The van der Waals surface area contributed by atoms with Crippen LogP contribution in [0.1, 0.15) is 46.6 Å². The maximum Gasteiger partial charge on any atom is 0.257 e. The zero-order valence-corrected chi connectivity index (χ0v) is 15.1. The maximum atomic E-state index is 13.1. The van der Waals surface area contributed by atoms with E-state index < -0.39 is 0 Å². The van der Waals surface area contributed by atoms with E-state index in [0.717, 1.165) is 29.8 Å². The number of aryl methyl sites for hydroxylation is 2. The minimum atomic E-state index is 0.114. The highest BCUT2D eigenvalue weighted by Gasteiger charge is 2.34. The predicted molar refractivity (Wildman–Crippen MR) is 96.1 cm³/mol. The van der Waals surface area contributed by atoms with Crippen LogP contribution in [0.15, 0.2) is 30.3 Å². The first-order chi connectivity index (χ1) is 11.5. The highest BCUT2D eigenvalue weighted by atomic mass is 16.2. The van der Waals surface area contributed by atoms with Crippen LogP contribution in [-0.4, -0.2) is 33.7 Å².